The summed E-state index contributed by atoms with van der Waals surface area (Å²) in [6, 6.07) is 0. The van der Waals surface area contributed by atoms with E-state index in [4.69, 9.17) is 9.47 Å². The number of carbonyl (C=O) groups excluding carboxylic acids is 1. The highest BCUT2D eigenvalue weighted by Gasteiger charge is 2.42. The van der Waals surface area contributed by atoms with E-state index >= 15 is 0 Å². The molecule has 0 aliphatic carbocycles. The molecule has 0 saturated carbocycles. The van der Waals surface area contributed by atoms with Gasteiger partial charge in [-0.05, 0) is 32.6 Å². The van der Waals surface area contributed by atoms with E-state index in [1.54, 1.807) is 0 Å². The minimum Gasteiger partial charge on any atom is -0.459 e. The molecule has 0 radical (unpaired) electrons. The molecule has 0 spiro atoms. The van der Waals surface area contributed by atoms with Crippen LogP contribution in [0.3, 0.4) is 0 Å². The fourth-order valence-electron chi connectivity index (χ4n) is 2.12. The van der Waals surface area contributed by atoms with Crippen molar-refractivity contribution in [2.45, 2.75) is 50.7 Å². The van der Waals surface area contributed by atoms with Crippen LogP contribution in [0.2, 0.25) is 0 Å². The first-order chi connectivity index (χ1) is 6.21. The van der Waals surface area contributed by atoms with Gasteiger partial charge in [0.25, 0.3) is 0 Å². The molecule has 74 valence electrons. The van der Waals surface area contributed by atoms with E-state index in [0.717, 1.165) is 32.3 Å². The van der Waals surface area contributed by atoms with Crippen molar-refractivity contribution in [1.82, 2.24) is 0 Å². The molecule has 2 unspecified atom stereocenters. The first-order valence-corrected chi connectivity index (χ1v) is 5.04. The van der Waals surface area contributed by atoms with Crippen LogP contribution < -0.4 is 0 Å². The zero-order chi connectivity index (χ0) is 9.31. The molecule has 0 N–H and O–H groups in total. The molecule has 2 heterocycles. The molecule has 0 aromatic carbocycles. The Balaban J connectivity index is 2.12. The number of fused-ring (bicyclic) bond motifs is 1. The smallest absolute Gasteiger partial charge is 0.306 e. The predicted octanol–water partition coefficient (Wildman–Crippen LogP) is 1.65. The van der Waals surface area contributed by atoms with Crippen LogP contribution in [-0.4, -0.2) is 24.3 Å². The molecular formula is C10H16O3. The average molecular weight is 184 g/mol. The van der Waals surface area contributed by atoms with Gasteiger partial charge in [0.2, 0.25) is 0 Å². The highest BCUT2D eigenvalue weighted by Crippen LogP contribution is 2.34. The Labute approximate surface area is 78.4 Å². The zero-order valence-electron chi connectivity index (χ0n) is 8.04. The molecule has 2 aliphatic heterocycles. The van der Waals surface area contributed by atoms with Gasteiger partial charge in [0.1, 0.15) is 11.7 Å². The summed E-state index contributed by atoms with van der Waals surface area (Å²) in [5.41, 5.74) is -0.204. The number of rotatable bonds is 0. The maximum absolute atomic E-state index is 11.1. The van der Waals surface area contributed by atoms with Gasteiger partial charge in [-0.1, -0.05) is 0 Å². The van der Waals surface area contributed by atoms with Crippen molar-refractivity contribution < 1.29 is 14.3 Å². The molecule has 0 amide bonds. The molecule has 0 aromatic heterocycles. The lowest BCUT2D eigenvalue weighted by Crippen LogP contribution is -2.47. The fraction of sp³-hybridized carbons (Fsp3) is 0.900. The van der Waals surface area contributed by atoms with E-state index in [9.17, 15) is 4.79 Å². The zero-order valence-corrected chi connectivity index (χ0v) is 8.04. The summed E-state index contributed by atoms with van der Waals surface area (Å²) < 4.78 is 11.1. The SMILES string of the molecule is CC12CCC(=O)OC1CCCCO2. The summed E-state index contributed by atoms with van der Waals surface area (Å²) in [5, 5.41) is 0. The van der Waals surface area contributed by atoms with Gasteiger partial charge in [0.15, 0.2) is 0 Å². The van der Waals surface area contributed by atoms with Crippen LogP contribution in [0.4, 0.5) is 0 Å². The van der Waals surface area contributed by atoms with Crippen molar-refractivity contribution in [1.29, 1.82) is 0 Å². The summed E-state index contributed by atoms with van der Waals surface area (Å²) in [6.45, 7) is 2.87. The van der Waals surface area contributed by atoms with Crippen LogP contribution in [0.25, 0.3) is 0 Å². The van der Waals surface area contributed by atoms with Gasteiger partial charge in [-0.15, -0.1) is 0 Å². The normalized spacial score (nSPS) is 40.4. The van der Waals surface area contributed by atoms with E-state index in [1.807, 2.05) is 0 Å². The third-order valence-electron chi connectivity index (χ3n) is 3.07. The Bertz CT molecular complexity index is 214. The van der Waals surface area contributed by atoms with Crippen LogP contribution in [0, 0.1) is 0 Å². The summed E-state index contributed by atoms with van der Waals surface area (Å²) in [4.78, 5) is 11.1. The molecule has 2 rings (SSSR count). The minimum absolute atomic E-state index is 0.00347. The second-order valence-corrected chi connectivity index (χ2v) is 4.14. The van der Waals surface area contributed by atoms with Crippen LogP contribution in [0.1, 0.15) is 39.0 Å². The van der Waals surface area contributed by atoms with Crippen molar-refractivity contribution in [3.8, 4) is 0 Å². The van der Waals surface area contributed by atoms with Gasteiger partial charge in [0, 0.05) is 13.0 Å². The van der Waals surface area contributed by atoms with Gasteiger partial charge in [-0.3, -0.25) is 4.79 Å². The minimum atomic E-state index is -0.204. The predicted molar refractivity (Wildman–Crippen MR) is 47.3 cm³/mol. The number of carbonyl (C=O) groups is 1. The molecule has 2 aliphatic rings. The molecular weight excluding hydrogens is 168 g/mol. The first kappa shape index (κ1) is 9.00. The number of hydrogen-bond acceptors (Lipinski definition) is 3. The second kappa shape index (κ2) is 3.29. The number of ether oxygens (including phenoxy) is 2. The first-order valence-electron chi connectivity index (χ1n) is 5.04. The van der Waals surface area contributed by atoms with E-state index in [-0.39, 0.29) is 17.7 Å². The van der Waals surface area contributed by atoms with Gasteiger partial charge in [-0.2, -0.15) is 0 Å². The lowest BCUT2D eigenvalue weighted by molar-refractivity contribution is -0.185. The van der Waals surface area contributed by atoms with Gasteiger partial charge in [-0.25, -0.2) is 0 Å². The molecule has 2 atom stereocenters. The summed E-state index contributed by atoms with van der Waals surface area (Å²) in [6.07, 6.45) is 4.47. The standard InChI is InChI=1S/C10H16O3/c1-10-6-5-9(11)13-8(10)4-2-3-7-12-10/h8H,2-7H2,1H3. The molecule has 0 aromatic rings. The highest BCUT2D eigenvalue weighted by atomic mass is 16.6. The van der Waals surface area contributed by atoms with E-state index in [1.165, 1.54) is 0 Å². The summed E-state index contributed by atoms with van der Waals surface area (Å²) in [5.74, 6) is -0.0621. The number of hydrogen-bond donors (Lipinski definition) is 0. The van der Waals surface area contributed by atoms with Crippen molar-refractivity contribution in [2.75, 3.05) is 6.61 Å². The Morgan fingerprint density at radius 3 is 3.15 bits per heavy atom. The van der Waals surface area contributed by atoms with Crippen molar-refractivity contribution in [3.05, 3.63) is 0 Å². The molecule has 2 fully saturated rings. The number of esters is 1. The van der Waals surface area contributed by atoms with E-state index < -0.39 is 0 Å². The quantitative estimate of drug-likeness (QED) is 0.537. The van der Waals surface area contributed by atoms with Gasteiger partial charge in [0.05, 0.1) is 0 Å². The maximum atomic E-state index is 11.1. The third kappa shape index (κ3) is 1.70. The second-order valence-electron chi connectivity index (χ2n) is 4.14. The summed E-state index contributed by atoms with van der Waals surface area (Å²) >= 11 is 0. The molecule has 2 saturated heterocycles. The van der Waals surface area contributed by atoms with Crippen LogP contribution in [0.5, 0.6) is 0 Å². The third-order valence-corrected chi connectivity index (χ3v) is 3.07. The largest absolute Gasteiger partial charge is 0.459 e. The Hall–Kier alpha value is -0.570. The fourth-order valence-corrected chi connectivity index (χ4v) is 2.12. The average Bonchev–Trinajstić information content (AvgIpc) is 2.28. The van der Waals surface area contributed by atoms with Gasteiger partial charge >= 0.3 is 5.97 Å². The highest BCUT2D eigenvalue weighted by molar-refractivity contribution is 5.70. The van der Waals surface area contributed by atoms with Crippen LogP contribution in [-0.2, 0) is 14.3 Å². The van der Waals surface area contributed by atoms with Crippen LogP contribution in [0.15, 0.2) is 0 Å². The lowest BCUT2D eigenvalue weighted by Gasteiger charge is -2.38. The Kier molecular flexibility index (Phi) is 2.28. The molecule has 3 nitrogen and oxygen atoms in total. The van der Waals surface area contributed by atoms with Crippen molar-refractivity contribution in [3.63, 3.8) is 0 Å². The van der Waals surface area contributed by atoms with E-state index in [0.29, 0.717) is 6.42 Å². The summed E-state index contributed by atoms with van der Waals surface area (Å²) in [7, 11) is 0. The Morgan fingerprint density at radius 1 is 1.46 bits per heavy atom. The molecule has 3 heteroatoms. The van der Waals surface area contributed by atoms with Gasteiger partial charge < -0.3 is 9.47 Å². The van der Waals surface area contributed by atoms with Crippen molar-refractivity contribution in [2.24, 2.45) is 0 Å². The van der Waals surface area contributed by atoms with E-state index in [2.05, 4.69) is 6.92 Å². The Morgan fingerprint density at radius 2 is 2.31 bits per heavy atom. The molecule has 13 heavy (non-hydrogen) atoms. The molecule has 0 bridgehead atoms. The monoisotopic (exact) mass is 184 g/mol. The topological polar surface area (TPSA) is 35.5 Å². The lowest BCUT2D eigenvalue weighted by atomic mass is 9.88. The maximum Gasteiger partial charge on any atom is 0.306 e. The van der Waals surface area contributed by atoms with Crippen molar-refractivity contribution >= 4 is 5.97 Å². The van der Waals surface area contributed by atoms with Crippen LogP contribution >= 0.6 is 0 Å².